The zero-order valence-electron chi connectivity index (χ0n) is 14.4. The van der Waals surface area contributed by atoms with Gasteiger partial charge in [0, 0.05) is 17.6 Å². The summed E-state index contributed by atoms with van der Waals surface area (Å²) in [6.45, 7) is 1.91. The summed E-state index contributed by atoms with van der Waals surface area (Å²) in [4.78, 5) is 26.2. The van der Waals surface area contributed by atoms with Gasteiger partial charge in [-0.05, 0) is 30.5 Å². The van der Waals surface area contributed by atoms with E-state index in [1.54, 1.807) is 18.2 Å². The summed E-state index contributed by atoms with van der Waals surface area (Å²) in [5.41, 5.74) is 0.781. The predicted octanol–water partition coefficient (Wildman–Crippen LogP) is 3.76. The molecule has 5 heteroatoms. The number of likely N-dealkylation sites (N-methyl/N-ethyl adjacent to an activating group) is 1. The smallest absolute Gasteiger partial charge is 0.342 e. The molecule has 0 saturated heterocycles. The zero-order chi connectivity index (χ0) is 18.5. The lowest BCUT2D eigenvalue weighted by atomic mass is 10.1. The number of ether oxygens (including phenoxy) is 1. The number of phenols is 1. The minimum atomic E-state index is -0.731. The number of anilines is 1. The van der Waals surface area contributed by atoms with Crippen LogP contribution in [0.3, 0.4) is 0 Å². The van der Waals surface area contributed by atoms with Crippen molar-refractivity contribution in [1.82, 2.24) is 0 Å². The summed E-state index contributed by atoms with van der Waals surface area (Å²) in [5.74, 6) is -1.20. The number of nitrogens with zero attached hydrogens (tertiary/aromatic N) is 1. The second-order valence-electron chi connectivity index (χ2n) is 5.73. The van der Waals surface area contributed by atoms with Crippen molar-refractivity contribution in [2.45, 2.75) is 6.92 Å². The zero-order valence-corrected chi connectivity index (χ0v) is 14.4. The van der Waals surface area contributed by atoms with E-state index >= 15 is 0 Å². The van der Waals surface area contributed by atoms with Crippen LogP contribution in [0.25, 0.3) is 10.8 Å². The molecule has 0 unspecified atom stereocenters. The Kier molecular flexibility index (Phi) is 5.17. The van der Waals surface area contributed by atoms with E-state index in [0.717, 1.165) is 11.1 Å². The van der Waals surface area contributed by atoms with Crippen molar-refractivity contribution >= 4 is 28.3 Å². The molecular formula is C21H19NO4. The van der Waals surface area contributed by atoms with Crippen LogP contribution in [-0.2, 0) is 9.53 Å². The first-order valence-corrected chi connectivity index (χ1v) is 8.35. The number of esters is 1. The molecule has 1 amide bonds. The van der Waals surface area contributed by atoms with Gasteiger partial charge in [-0.2, -0.15) is 0 Å². The van der Waals surface area contributed by atoms with Gasteiger partial charge in [-0.1, -0.05) is 48.5 Å². The minimum Gasteiger partial charge on any atom is -0.506 e. The van der Waals surface area contributed by atoms with Crippen molar-refractivity contribution in [3.8, 4) is 5.75 Å². The normalized spacial score (nSPS) is 10.5. The highest BCUT2D eigenvalue weighted by Gasteiger charge is 2.19. The molecular weight excluding hydrogens is 330 g/mol. The van der Waals surface area contributed by atoms with Crippen molar-refractivity contribution in [1.29, 1.82) is 0 Å². The molecule has 5 nitrogen and oxygen atoms in total. The molecule has 0 heterocycles. The first-order valence-electron chi connectivity index (χ1n) is 8.35. The summed E-state index contributed by atoms with van der Waals surface area (Å²) in [6.07, 6.45) is 0. The van der Waals surface area contributed by atoms with Gasteiger partial charge >= 0.3 is 5.97 Å². The number of amides is 1. The fourth-order valence-electron chi connectivity index (χ4n) is 2.81. The summed E-state index contributed by atoms with van der Waals surface area (Å²) in [7, 11) is 0. The third-order valence-corrected chi connectivity index (χ3v) is 4.13. The van der Waals surface area contributed by atoms with Crippen molar-refractivity contribution in [2.24, 2.45) is 0 Å². The van der Waals surface area contributed by atoms with Crippen LogP contribution in [0.4, 0.5) is 5.69 Å². The fourth-order valence-corrected chi connectivity index (χ4v) is 2.81. The topological polar surface area (TPSA) is 66.8 Å². The van der Waals surface area contributed by atoms with E-state index in [4.69, 9.17) is 4.74 Å². The van der Waals surface area contributed by atoms with Crippen molar-refractivity contribution in [3.05, 3.63) is 72.3 Å². The van der Waals surface area contributed by atoms with Gasteiger partial charge in [0.15, 0.2) is 6.61 Å². The highest BCUT2D eigenvalue weighted by molar-refractivity contribution is 6.02. The molecule has 0 bridgehead atoms. The summed E-state index contributed by atoms with van der Waals surface area (Å²) >= 11 is 0. The lowest BCUT2D eigenvalue weighted by molar-refractivity contribution is -0.121. The maximum Gasteiger partial charge on any atom is 0.342 e. The Hall–Kier alpha value is -3.34. The number of aromatic hydroxyl groups is 1. The number of carbonyl (C=O) groups excluding carboxylic acids is 2. The molecule has 3 aromatic rings. The lowest BCUT2D eigenvalue weighted by Crippen LogP contribution is -2.34. The van der Waals surface area contributed by atoms with Crippen LogP contribution in [-0.4, -0.2) is 30.1 Å². The van der Waals surface area contributed by atoms with Crippen LogP contribution in [0.1, 0.15) is 17.3 Å². The first-order chi connectivity index (χ1) is 12.6. The molecule has 0 fully saturated rings. The summed E-state index contributed by atoms with van der Waals surface area (Å²) in [5, 5.41) is 11.7. The van der Waals surface area contributed by atoms with Crippen LogP contribution in [0.5, 0.6) is 5.75 Å². The first kappa shape index (κ1) is 17.5. The van der Waals surface area contributed by atoms with E-state index < -0.39 is 12.6 Å². The summed E-state index contributed by atoms with van der Waals surface area (Å²) < 4.78 is 5.13. The molecule has 3 aromatic carbocycles. The second kappa shape index (κ2) is 7.70. The number of fused-ring (bicyclic) bond motifs is 1. The third-order valence-electron chi connectivity index (χ3n) is 4.13. The number of para-hydroxylation sites is 1. The number of rotatable bonds is 5. The van der Waals surface area contributed by atoms with Gasteiger partial charge < -0.3 is 14.7 Å². The second-order valence-corrected chi connectivity index (χ2v) is 5.73. The molecule has 0 aliphatic heterocycles. The third kappa shape index (κ3) is 3.52. The molecule has 0 aliphatic rings. The highest BCUT2D eigenvalue weighted by atomic mass is 16.5. The molecule has 26 heavy (non-hydrogen) atoms. The van der Waals surface area contributed by atoms with E-state index in [1.807, 2.05) is 49.4 Å². The molecule has 0 aromatic heterocycles. The molecule has 0 saturated carbocycles. The standard InChI is InChI=1S/C21H19NO4/c1-2-22(16-9-4-3-5-10-16)19(23)14-26-21(25)18-13-12-15-8-6-7-11-17(15)20(18)24/h3-13,24H,2,14H2,1H3. The number of carbonyl (C=O) groups is 2. The van der Waals surface area contributed by atoms with E-state index in [9.17, 15) is 14.7 Å². The number of hydrogen-bond donors (Lipinski definition) is 1. The molecule has 0 aliphatic carbocycles. The van der Waals surface area contributed by atoms with Crippen LogP contribution < -0.4 is 4.90 Å². The van der Waals surface area contributed by atoms with Gasteiger partial charge in [0.1, 0.15) is 11.3 Å². The van der Waals surface area contributed by atoms with Crippen LogP contribution >= 0.6 is 0 Å². The summed E-state index contributed by atoms with van der Waals surface area (Å²) in [6, 6.07) is 19.6. The van der Waals surface area contributed by atoms with Crippen LogP contribution in [0, 0.1) is 0 Å². The Morgan fingerprint density at radius 1 is 0.962 bits per heavy atom. The van der Waals surface area contributed by atoms with Crippen molar-refractivity contribution in [3.63, 3.8) is 0 Å². The Morgan fingerprint density at radius 3 is 2.38 bits per heavy atom. The Balaban J connectivity index is 1.72. The van der Waals surface area contributed by atoms with Gasteiger partial charge in [0.2, 0.25) is 0 Å². The van der Waals surface area contributed by atoms with Gasteiger partial charge in [-0.25, -0.2) is 4.79 Å². The Morgan fingerprint density at radius 2 is 1.65 bits per heavy atom. The molecule has 132 valence electrons. The average Bonchev–Trinajstić information content (AvgIpc) is 2.68. The maximum absolute atomic E-state index is 12.4. The molecule has 1 N–H and O–H groups in total. The van der Waals surface area contributed by atoms with Gasteiger partial charge in [0.25, 0.3) is 5.91 Å². The Labute approximate surface area is 151 Å². The maximum atomic E-state index is 12.4. The van der Waals surface area contributed by atoms with E-state index in [1.165, 1.54) is 11.0 Å². The van der Waals surface area contributed by atoms with Gasteiger partial charge in [-0.3, -0.25) is 4.79 Å². The molecule has 0 atom stereocenters. The molecule has 3 rings (SSSR count). The van der Waals surface area contributed by atoms with E-state index in [-0.39, 0.29) is 17.2 Å². The Bertz CT molecular complexity index is 937. The van der Waals surface area contributed by atoms with Crippen LogP contribution in [0.2, 0.25) is 0 Å². The monoisotopic (exact) mass is 349 g/mol. The predicted molar refractivity (Wildman–Crippen MR) is 100 cm³/mol. The largest absolute Gasteiger partial charge is 0.506 e. The van der Waals surface area contributed by atoms with Gasteiger partial charge in [-0.15, -0.1) is 0 Å². The van der Waals surface area contributed by atoms with E-state index in [2.05, 4.69) is 0 Å². The van der Waals surface area contributed by atoms with Crippen molar-refractivity contribution in [2.75, 3.05) is 18.1 Å². The number of phenolic OH excluding ortho intramolecular Hbond substituents is 1. The fraction of sp³-hybridized carbons (Fsp3) is 0.143. The number of benzene rings is 3. The SMILES string of the molecule is CCN(C(=O)COC(=O)c1ccc2ccccc2c1O)c1ccccc1. The van der Waals surface area contributed by atoms with Gasteiger partial charge in [0.05, 0.1) is 0 Å². The molecule has 0 spiro atoms. The van der Waals surface area contributed by atoms with E-state index in [0.29, 0.717) is 11.9 Å². The van der Waals surface area contributed by atoms with Crippen molar-refractivity contribution < 1.29 is 19.4 Å². The molecule has 0 radical (unpaired) electrons. The minimum absolute atomic E-state index is 0.0410. The lowest BCUT2D eigenvalue weighted by Gasteiger charge is -2.20. The quantitative estimate of drug-likeness (QED) is 0.712. The number of hydrogen-bond acceptors (Lipinski definition) is 4. The van der Waals surface area contributed by atoms with Crippen LogP contribution in [0.15, 0.2) is 66.7 Å². The highest BCUT2D eigenvalue weighted by Crippen LogP contribution is 2.29. The average molecular weight is 349 g/mol.